The van der Waals surface area contributed by atoms with Gasteiger partial charge in [-0.3, -0.25) is 4.79 Å². The van der Waals surface area contributed by atoms with Gasteiger partial charge in [-0.15, -0.1) is 0 Å². The molecule has 21 heavy (non-hydrogen) atoms. The Morgan fingerprint density at radius 3 is 2.62 bits per heavy atom. The van der Waals surface area contributed by atoms with E-state index in [2.05, 4.69) is 20.7 Å². The van der Waals surface area contributed by atoms with Crippen LogP contribution in [0.5, 0.6) is 5.75 Å². The average Bonchev–Trinajstić information content (AvgIpc) is 2.42. The number of methoxy groups -OCH3 is 1. The van der Waals surface area contributed by atoms with Gasteiger partial charge in [-0.1, -0.05) is 19.8 Å². The van der Waals surface area contributed by atoms with Crippen molar-refractivity contribution in [3.8, 4) is 5.75 Å². The number of aliphatic carboxylic acids is 1. The van der Waals surface area contributed by atoms with E-state index in [4.69, 9.17) is 9.84 Å². The molecule has 0 aliphatic carbocycles. The van der Waals surface area contributed by atoms with Crippen LogP contribution >= 0.6 is 15.9 Å². The number of sulfonamides is 1. The molecule has 1 unspecified atom stereocenters. The first-order valence-electron chi connectivity index (χ1n) is 6.40. The van der Waals surface area contributed by atoms with Gasteiger partial charge in [0.25, 0.3) is 0 Å². The SMILES string of the molecule is CCCCC(NS(=O)(=O)c1ccc(OC)cc1Br)C(=O)O. The number of carboxylic acid groups (broad SMARTS) is 1. The minimum Gasteiger partial charge on any atom is -0.497 e. The van der Waals surface area contributed by atoms with Gasteiger partial charge in [-0.25, -0.2) is 8.42 Å². The molecule has 0 amide bonds. The third-order valence-electron chi connectivity index (χ3n) is 2.87. The molecule has 0 radical (unpaired) electrons. The summed E-state index contributed by atoms with van der Waals surface area (Å²) in [5.41, 5.74) is 0. The van der Waals surface area contributed by atoms with E-state index >= 15 is 0 Å². The first-order valence-corrected chi connectivity index (χ1v) is 8.68. The fraction of sp³-hybridized carbons (Fsp3) is 0.462. The molecule has 1 atom stereocenters. The van der Waals surface area contributed by atoms with Gasteiger partial charge in [0, 0.05) is 4.47 Å². The Morgan fingerprint density at radius 2 is 2.14 bits per heavy atom. The van der Waals surface area contributed by atoms with Crippen molar-refractivity contribution in [1.82, 2.24) is 4.72 Å². The summed E-state index contributed by atoms with van der Waals surface area (Å²) in [4.78, 5) is 11.1. The summed E-state index contributed by atoms with van der Waals surface area (Å²) in [6.07, 6.45) is 1.67. The molecule has 0 heterocycles. The maximum absolute atomic E-state index is 12.3. The molecule has 0 saturated heterocycles. The summed E-state index contributed by atoms with van der Waals surface area (Å²) < 4.78 is 32.1. The highest BCUT2D eigenvalue weighted by molar-refractivity contribution is 9.10. The normalized spacial score (nSPS) is 12.9. The van der Waals surface area contributed by atoms with Crippen LogP contribution in [0.3, 0.4) is 0 Å². The monoisotopic (exact) mass is 379 g/mol. The van der Waals surface area contributed by atoms with Crippen LogP contribution < -0.4 is 9.46 Å². The van der Waals surface area contributed by atoms with E-state index in [-0.39, 0.29) is 11.3 Å². The van der Waals surface area contributed by atoms with Gasteiger partial charge < -0.3 is 9.84 Å². The fourth-order valence-electron chi connectivity index (χ4n) is 1.72. The summed E-state index contributed by atoms with van der Waals surface area (Å²) in [5.74, 6) is -0.682. The Hall–Kier alpha value is -1.12. The van der Waals surface area contributed by atoms with E-state index in [1.165, 1.54) is 25.3 Å². The molecule has 1 aromatic carbocycles. The number of carbonyl (C=O) groups is 1. The van der Waals surface area contributed by atoms with Crippen LogP contribution in [0.15, 0.2) is 27.6 Å². The number of hydrogen-bond acceptors (Lipinski definition) is 4. The van der Waals surface area contributed by atoms with Crippen molar-refractivity contribution in [2.75, 3.05) is 7.11 Å². The van der Waals surface area contributed by atoms with E-state index < -0.39 is 22.0 Å². The third-order valence-corrected chi connectivity index (χ3v) is 5.32. The summed E-state index contributed by atoms with van der Waals surface area (Å²) in [5, 5.41) is 9.10. The Balaban J connectivity index is 3.01. The molecule has 0 bridgehead atoms. The van der Waals surface area contributed by atoms with E-state index in [1.807, 2.05) is 6.92 Å². The van der Waals surface area contributed by atoms with Gasteiger partial charge in [-0.2, -0.15) is 4.72 Å². The molecule has 0 aromatic heterocycles. The molecule has 0 spiro atoms. The predicted molar refractivity (Wildman–Crippen MR) is 82.0 cm³/mol. The van der Waals surface area contributed by atoms with Crippen molar-refractivity contribution < 1.29 is 23.1 Å². The Morgan fingerprint density at radius 1 is 1.48 bits per heavy atom. The second-order valence-corrected chi connectivity index (χ2v) is 6.99. The third kappa shape index (κ3) is 4.98. The Bertz CT molecular complexity index is 603. The van der Waals surface area contributed by atoms with Crippen molar-refractivity contribution >= 4 is 31.9 Å². The summed E-state index contributed by atoms with van der Waals surface area (Å²) >= 11 is 3.16. The smallest absolute Gasteiger partial charge is 0.321 e. The van der Waals surface area contributed by atoms with Crippen molar-refractivity contribution in [1.29, 1.82) is 0 Å². The summed E-state index contributed by atoms with van der Waals surface area (Å²) in [6.45, 7) is 1.91. The molecule has 0 saturated carbocycles. The topological polar surface area (TPSA) is 92.7 Å². The quantitative estimate of drug-likeness (QED) is 0.723. The molecule has 0 aliphatic heterocycles. The number of nitrogens with one attached hydrogen (secondary N) is 1. The lowest BCUT2D eigenvalue weighted by Crippen LogP contribution is -2.40. The van der Waals surface area contributed by atoms with E-state index in [0.29, 0.717) is 16.6 Å². The minimum atomic E-state index is -3.92. The molecule has 8 heteroatoms. The lowest BCUT2D eigenvalue weighted by atomic mass is 10.1. The van der Waals surface area contributed by atoms with Gasteiger partial charge in [-0.05, 0) is 40.5 Å². The van der Waals surface area contributed by atoms with Crippen molar-refractivity contribution in [3.05, 3.63) is 22.7 Å². The molecule has 1 rings (SSSR count). The highest BCUT2D eigenvalue weighted by Crippen LogP contribution is 2.26. The molecule has 2 N–H and O–H groups in total. The highest BCUT2D eigenvalue weighted by atomic mass is 79.9. The Kier molecular flexibility index (Phi) is 6.63. The number of ether oxygens (including phenoxy) is 1. The van der Waals surface area contributed by atoms with Crippen LogP contribution in [0.4, 0.5) is 0 Å². The largest absolute Gasteiger partial charge is 0.497 e. The first kappa shape index (κ1) is 17.9. The van der Waals surface area contributed by atoms with Crippen LogP contribution in [0, 0.1) is 0 Å². The zero-order chi connectivity index (χ0) is 16.0. The lowest BCUT2D eigenvalue weighted by molar-refractivity contribution is -0.139. The number of hydrogen-bond donors (Lipinski definition) is 2. The number of benzene rings is 1. The number of rotatable bonds is 8. The van der Waals surface area contributed by atoms with E-state index in [1.54, 1.807) is 0 Å². The molecule has 0 fully saturated rings. The Labute approximate surface area is 132 Å². The van der Waals surface area contributed by atoms with Gasteiger partial charge in [0.05, 0.1) is 12.0 Å². The maximum Gasteiger partial charge on any atom is 0.321 e. The van der Waals surface area contributed by atoms with Crippen LogP contribution in [0.2, 0.25) is 0 Å². The van der Waals surface area contributed by atoms with Gasteiger partial charge >= 0.3 is 5.97 Å². The summed E-state index contributed by atoms with van der Waals surface area (Å²) in [7, 11) is -2.45. The van der Waals surface area contributed by atoms with Crippen LogP contribution in [-0.2, 0) is 14.8 Å². The number of carboxylic acids is 1. The molecule has 1 aromatic rings. The average molecular weight is 380 g/mol. The van der Waals surface area contributed by atoms with Crippen molar-refractivity contribution in [3.63, 3.8) is 0 Å². The summed E-state index contributed by atoms with van der Waals surface area (Å²) in [6, 6.07) is 3.24. The molecule has 0 aliphatic rings. The van der Waals surface area contributed by atoms with Crippen molar-refractivity contribution in [2.45, 2.75) is 37.1 Å². The zero-order valence-electron chi connectivity index (χ0n) is 11.8. The zero-order valence-corrected chi connectivity index (χ0v) is 14.2. The van der Waals surface area contributed by atoms with Crippen LogP contribution in [-0.4, -0.2) is 32.6 Å². The van der Waals surface area contributed by atoms with E-state index in [9.17, 15) is 13.2 Å². The van der Waals surface area contributed by atoms with Gasteiger partial charge in [0.15, 0.2) is 0 Å². The lowest BCUT2D eigenvalue weighted by Gasteiger charge is -2.15. The minimum absolute atomic E-state index is 0.0222. The number of halogens is 1. The molecule has 118 valence electrons. The second-order valence-electron chi connectivity index (χ2n) is 4.45. The molecular weight excluding hydrogens is 362 g/mol. The molecule has 6 nitrogen and oxygen atoms in total. The number of unbranched alkanes of at least 4 members (excludes halogenated alkanes) is 1. The standard InChI is InChI=1S/C13H18BrNO5S/c1-3-4-5-11(13(16)17)15-21(18,19)12-7-6-9(20-2)8-10(12)14/h6-8,11,15H,3-5H2,1-2H3,(H,16,17). The first-order chi connectivity index (χ1) is 9.81. The fourth-order valence-corrected chi connectivity index (χ4v) is 4.00. The van der Waals surface area contributed by atoms with Gasteiger partial charge in [0.1, 0.15) is 11.8 Å². The molecular formula is C13H18BrNO5S. The van der Waals surface area contributed by atoms with Crippen LogP contribution in [0.1, 0.15) is 26.2 Å². The van der Waals surface area contributed by atoms with Crippen molar-refractivity contribution in [2.24, 2.45) is 0 Å². The van der Waals surface area contributed by atoms with Crippen LogP contribution in [0.25, 0.3) is 0 Å². The van der Waals surface area contributed by atoms with E-state index in [0.717, 1.165) is 6.42 Å². The second kappa shape index (κ2) is 7.77. The van der Waals surface area contributed by atoms with Gasteiger partial charge in [0.2, 0.25) is 10.0 Å². The highest BCUT2D eigenvalue weighted by Gasteiger charge is 2.26. The predicted octanol–water partition coefficient (Wildman–Crippen LogP) is 2.38. The maximum atomic E-state index is 12.3.